The number of piperidine rings is 1. The fraction of sp³-hybridized carbons (Fsp3) is 0.259. The molecular weight excluding hydrogens is 476 g/mol. The summed E-state index contributed by atoms with van der Waals surface area (Å²) in [5.74, 6) is -0.179. The molecule has 188 valence electrons. The number of benzene rings is 3. The van der Waals surface area contributed by atoms with Gasteiger partial charge in [0.1, 0.15) is 12.3 Å². The Morgan fingerprint density at radius 1 is 0.944 bits per heavy atom. The maximum atomic E-state index is 13.5. The Hall–Kier alpha value is -3.69. The van der Waals surface area contributed by atoms with Gasteiger partial charge in [-0.1, -0.05) is 60.7 Å². The number of nitrogens with zero attached hydrogens (tertiary/aromatic N) is 3. The first-order chi connectivity index (χ1) is 17.5. The zero-order chi connectivity index (χ0) is 25.4. The van der Waals surface area contributed by atoms with Gasteiger partial charge in [-0.2, -0.15) is 5.10 Å². The predicted octanol–water partition coefficient (Wildman–Crippen LogP) is 3.66. The third kappa shape index (κ3) is 6.30. The lowest BCUT2D eigenvalue weighted by Crippen LogP contribution is -2.40. The number of hydrogen-bond donors (Lipinski definition) is 1. The standard InChI is InChI=1S/C27H30N4O4S/c1-35-26-15-9-8-14-25(26)31(36(33,34)24-12-6-3-7-13-24)21-27(32)29-28-23-16-18-30(19-17-23)20-22-10-4-2-5-11-22/h2-15H,16-21H2,1H3,(H,29,32). The number of sulfonamides is 1. The summed E-state index contributed by atoms with van der Waals surface area (Å²) in [5, 5.41) is 4.31. The maximum absolute atomic E-state index is 13.5. The molecule has 0 radical (unpaired) electrons. The van der Waals surface area contributed by atoms with Gasteiger partial charge < -0.3 is 4.74 Å². The molecule has 0 saturated carbocycles. The summed E-state index contributed by atoms with van der Waals surface area (Å²) in [5.41, 5.74) is 5.00. The first-order valence-corrected chi connectivity index (χ1v) is 13.2. The lowest BCUT2D eigenvalue weighted by molar-refractivity contribution is -0.119. The molecule has 1 aliphatic rings. The molecule has 1 fully saturated rings. The van der Waals surface area contributed by atoms with Crippen molar-refractivity contribution in [3.8, 4) is 5.75 Å². The van der Waals surface area contributed by atoms with Crippen LogP contribution in [0.1, 0.15) is 18.4 Å². The van der Waals surface area contributed by atoms with Crippen molar-refractivity contribution in [1.82, 2.24) is 10.3 Å². The maximum Gasteiger partial charge on any atom is 0.264 e. The molecule has 1 N–H and O–H groups in total. The van der Waals surface area contributed by atoms with E-state index in [0.717, 1.165) is 42.5 Å². The van der Waals surface area contributed by atoms with Crippen LogP contribution >= 0.6 is 0 Å². The molecule has 0 unspecified atom stereocenters. The number of methoxy groups -OCH3 is 1. The Balaban J connectivity index is 1.44. The molecule has 9 heteroatoms. The molecule has 1 aliphatic heterocycles. The number of para-hydroxylation sites is 2. The number of amides is 1. The average molecular weight is 507 g/mol. The number of anilines is 1. The second-order valence-electron chi connectivity index (χ2n) is 8.47. The Kier molecular flexibility index (Phi) is 8.35. The van der Waals surface area contributed by atoms with Crippen LogP contribution in [0.25, 0.3) is 0 Å². The SMILES string of the molecule is COc1ccccc1N(CC(=O)NN=C1CCN(Cc2ccccc2)CC1)S(=O)(=O)c1ccccc1. The Morgan fingerprint density at radius 3 is 2.22 bits per heavy atom. The lowest BCUT2D eigenvalue weighted by atomic mass is 10.1. The van der Waals surface area contributed by atoms with Crippen molar-refractivity contribution in [3.05, 3.63) is 90.5 Å². The number of rotatable bonds is 9. The second kappa shape index (κ2) is 11.8. The zero-order valence-corrected chi connectivity index (χ0v) is 21.0. The van der Waals surface area contributed by atoms with Crippen LogP contribution in [0.2, 0.25) is 0 Å². The molecule has 1 saturated heterocycles. The number of likely N-dealkylation sites (tertiary alicyclic amines) is 1. The number of ether oxygens (including phenoxy) is 1. The van der Waals surface area contributed by atoms with E-state index in [1.165, 1.54) is 24.8 Å². The number of nitrogens with one attached hydrogen (secondary N) is 1. The quantitative estimate of drug-likeness (QED) is 0.447. The minimum absolute atomic E-state index is 0.0841. The summed E-state index contributed by atoms with van der Waals surface area (Å²) >= 11 is 0. The van der Waals surface area contributed by atoms with Gasteiger partial charge in [-0.25, -0.2) is 13.8 Å². The van der Waals surface area contributed by atoms with E-state index in [2.05, 4.69) is 27.6 Å². The molecule has 3 aromatic carbocycles. The van der Waals surface area contributed by atoms with Crippen molar-refractivity contribution in [3.63, 3.8) is 0 Å². The van der Waals surface area contributed by atoms with Gasteiger partial charge in [-0.3, -0.25) is 14.0 Å². The van der Waals surface area contributed by atoms with Crippen LogP contribution in [-0.4, -0.2) is 51.7 Å². The fourth-order valence-corrected chi connectivity index (χ4v) is 5.54. The third-order valence-electron chi connectivity index (χ3n) is 5.99. The topological polar surface area (TPSA) is 91.3 Å². The highest BCUT2D eigenvalue weighted by atomic mass is 32.2. The van der Waals surface area contributed by atoms with Gasteiger partial charge in [-0.05, 0) is 29.8 Å². The monoisotopic (exact) mass is 506 g/mol. The van der Waals surface area contributed by atoms with E-state index in [1.807, 2.05) is 18.2 Å². The molecule has 4 rings (SSSR count). The predicted molar refractivity (Wildman–Crippen MR) is 140 cm³/mol. The second-order valence-corrected chi connectivity index (χ2v) is 10.3. The average Bonchev–Trinajstić information content (AvgIpc) is 2.92. The minimum Gasteiger partial charge on any atom is -0.495 e. The Bertz CT molecular complexity index is 1290. The van der Waals surface area contributed by atoms with Crippen molar-refractivity contribution in [2.75, 3.05) is 31.0 Å². The highest BCUT2D eigenvalue weighted by molar-refractivity contribution is 7.92. The summed E-state index contributed by atoms with van der Waals surface area (Å²) in [6.45, 7) is 2.14. The molecule has 0 spiro atoms. The van der Waals surface area contributed by atoms with Crippen molar-refractivity contribution in [2.24, 2.45) is 5.10 Å². The summed E-state index contributed by atoms with van der Waals surface area (Å²) in [6.07, 6.45) is 1.48. The highest BCUT2D eigenvalue weighted by Crippen LogP contribution is 2.32. The Labute approximate surface area is 212 Å². The van der Waals surface area contributed by atoms with Crippen molar-refractivity contribution in [1.29, 1.82) is 0 Å². The van der Waals surface area contributed by atoms with Crippen molar-refractivity contribution >= 4 is 27.3 Å². The van der Waals surface area contributed by atoms with Gasteiger partial charge in [0.25, 0.3) is 15.9 Å². The molecular formula is C27H30N4O4S. The summed E-state index contributed by atoms with van der Waals surface area (Å²) in [7, 11) is -2.56. The smallest absolute Gasteiger partial charge is 0.264 e. The number of carbonyl (C=O) groups excluding carboxylic acids is 1. The fourth-order valence-electron chi connectivity index (χ4n) is 4.09. The largest absolute Gasteiger partial charge is 0.495 e. The van der Waals surface area contributed by atoms with Crippen molar-refractivity contribution < 1.29 is 17.9 Å². The highest BCUT2D eigenvalue weighted by Gasteiger charge is 2.29. The van der Waals surface area contributed by atoms with Gasteiger partial charge in [-0.15, -0.1) is 0 Å². The van der Waals surface area contributed by atoms with Gasteiger partial charge in [0, 0.05) is 38.2 Å². The van der Waals surface area contributed by atoms with Crippen LogP contribution in [0.15, 0.2) is 94.9 Å². The van der Waals surface area contributed by atoms with Gasteiger partial charge >= 0.3 is 0 Å². The number of hydrazone groups is 1. The summed E-state index contributed by atoms with van der Waals surface area (Å²) < 4.78 is 33.4. The van der Waals surface area contributed by atoms with E-state index in [4.69, 9.17) is 4.74 Å². The van der Waals surface area contributed by atoms with E-state index in [0.29, 0.717) is 5.75 Å². The molecule has 1 heterocycles. The van der Waals surface area contributed by atoms with E-state index in [-0.39, 0.29) is 10.6 Å². The summed E-state index contributed by atoms with van der Waals surface area (Å²) in [4.78, 5) is 15.3. The van der Waals surface area contributed by atoms with E-state index < -0.39 is 22.5 Å². The number of hydrogen-bond acceptors (Lipinski definition) is 6. The van der Waals surface area contributed by atoms with Crippen LogP contribution in [0.4, 0.5) is 5.69 Å². The Morgan fingerprint density at radius 2 is 1.56 bits per heavy atom. The summed E-state index contributed by atoms with van der Waals surface area (Å²) in [6, 6.07) is 25.0. The zero-order valence-electron chi connectivity index (χ0n) is 20.2. The normalized spacial score (nSPS) is 14.2. The first kappa shape index (κ1) is 25.4. The number of carbonyl (C=O) groups is 1. The van der Waals surface area contributed by atoms with Gasteiger partial charge in [0.2, 0.25) is 0 Å². The van der Waals surface area contributed by atoms with Crippen LogP contribution in [-0.2, 0) is 21.4 Å². The van der Waals surface area contributed by atoms with Crippen LogP contribution in [0.3, 0.4) is 0 Å². The molecule has 0 atom stereocenters. The molecule has 1 amide bonds. The minimum atomic E-state index is -4.02. The molecule has 0 aromatic heterocycles. The third-order valence-corrected chi connectivity index (χ3v) is 7.77. The van der Waals surface area contributed by atoms with E-state index in [1.54, 1.807) is 42.5 Å². The van der Waals surface area contributed by atoms with Crippen LogP contribution < -0.4 is 14.5 Å². The van der Waals surface area contributed by atoms with Crippen molar-refractivity contribution in [2.45, 2.75) is 24.3 Å². The molecule has 3 aromatic rings. The van der Waals surface area contributed by atoms with Crippen LogP contribution in [0, 0.1) is 0 Å². The van der Waals surface area contributed by atoms with E-state index in [9.17, 15) is 13.2 Å². The molecule has 8 nitrogen and oxygen atoms in total. The van der Waals surface area contributed by atoms with E-state index >= 15 is 0 Å². The van der Waals surface area contributed by atoms with Gasteiger partial charge in [0.05, 0.1) is 17.7 Å². The lowest BCUT2D eigenvalue weighted by Gasteiger charge is -2.27. The van der Waals surface area contributed by atoms with Gasteiger partial charge in [0.15, 0.2) is 0 Å². The molecule has 36 heavy (non-hydrogen) atoms. The molecule has 0 bridgehead atoms. The van der Waals surface area contributed by atoms with Crippen LogP contribution in [0.5, 0.6) is 5.75 Å². The first-order valence-electron chi connectivity index (χ1n) is 11.8. The molecule has 0 aliphatic carbocycles.